The highest BCUT2D eigenvalue weighted by atomic mass is 16.6. The molecular weight excluding hydrogens is 232 g/mol. The van der Waals surface area contributed by atoms with Gasteiger partial charge in [-0.15, -0.1) is 0 Å². The van der Waals surface area contributed by atoms with Gasteiger partial charge in [-0.1, -0.05) is 13.8 Å². The maximum atomic E-state index is 10.6. The van der Waals surface area contributed by atoms with Crippen LogP contribution >= 0.6 is 0 Å². The summed E-state index contributed by atoms with van der Waals surface area (Å²) in [5.41, 5.74) is 6.75. The van der Waals surface area contributed by atoms with Crippen LogP contribution in [-0.4, -0.2) is 17.1 Å². The second-order valence-corrected chi connectivity index (χ2v) is 5.48. The molecule has 2 N–H and O–H groups in total. The summed E-state index contributed by atoms with van der Waals surface area (Å²) in [5.74, 6) is 0.700. The van der Waals surface area contributed by atoms with E-state index in [9.17, 15) is 10.1 Å². The molecule has 1 aliphatic carbocycles. The Kier molecular flexibility index (Phi) is 3.02. The summed E-state index contributed by atoms with van der Waals surface area (Å²) < 4.78 is 5.90. The molecule has 1 aromatic rings. The average Bonchev–Trinajstić information content (AvgIpc) is 2.30. The Bertz CT molecular complexity index is 485. The first kappa shape index (κ1) is 12.8. The van der Waals surface area contributed by atoms with Crippen molar-refractivity contribution >= 4 is 5.69 Å². The minimum atomic E-state index is -0.403. The number of benzene rings is 1. The number of hydrogen-bond donors (Lipinski definition) is 1. The molecule has 0 amide bonds. The van der Waals surface area contributed by atoms with E-state index in [4.69, 9.17) is 10.5 Å². The zero-order chi connectivity index (χ0) is 13.5. The van der Waals surface area contributed by atoms with Gasteiger partial charge in [0.05, 0.1) is 4.92 Å². The van der Waals surface area contributed by atoms with Crippen LogP contribution in [0.3, 0.4) is 0 Å². The fraction of sp³-hybridized carbons (Fsp3) is 0.538. The Hall–Kier alpha value is -1.62. The Morgan fingerprint density at radius 3 is 2.61 bits per heavy atom. The molecule has 0 bridgehead atoms. The van der Waals surface area contributed by atoms with Gasteiger partial charge in [-0.05, 0) is 18.6 Å². The molecule has 0 heterocycles. The van der Waals surface area contributed by atoms with Crippen LogP contribution in [-0.2, 0) is 0 Å². The Morgan fingerprint density at radius 2 is 2.17 bits per heavy atom. The first-order valence-electron chi connectivity index (χ1n) is 5.99. The topological polar surface area (TPSA) is 78.4 Å². The molecule has 0 aliphatic heterocycles. The third-order valence-corrected chi connectivity index (χ3v) is 3.89. The molecular formula is C13H18N2O3. The molecule has 1 saturated carbocycles. The fourth-order valence-electron chi connectivity index (χ4n) is 2.15. The molecule has 18 heavy (non-hydrogen) atoms. The van der Waals surface area contributed by atoms with Gasteiger partial charge in [0, 0.05) is 30.0 Å². The Morgan fingerprint density at radius 1 is 1.50 bits per heavy atom. The number of hydrogen-bond acceptors (Lipinski definition) is 4. The molecule has 2 atom stereocenters. The van der Waals surface area contributed by atoms with E-state index in [0.29, 0.717) is 5.75 Å². The molecule has 5 heteroatoms. The predicted octanol–water partition coefficient (Wildman–Crippen LogP) is 2.41. The van der Waals surface area contributed by atoms with Crippen molar-refractivity contribution in [2.24, 2.45) is 11.1 Å². The Balaban J connectivity index is 2.14. The van der Waals surface area contributed by atoms with Crippen LogP contribution in [0.1, 0.15) is 25.8 Å². The number of nitro benzene ring substituents is 1. The molecule has 1 fully saturated rings. The number of aryl methyl sites for hydroxylation is 1. The summed E-state index contributed by atoms with van der Waals surface area (Å²) in [6, 6.07) is 4.81. The van der Waals surface area contributed by atoms with Gasteiger partial charge < -0.3 is 10.5 Å². The third-order valence-electron chi connectivity index (χ3n) is 3.89. The van der Waals surface area contributed by atoms with Gasteiger partial charge in [0.1, 0.15) is 11.9 Å². The van der Waals surface area contributed by atoms with Crippen molar-refractivity contribution in [1.29, 1.82) is 0 Å². The van der Waals surface area contributed by atoms with Gasteiger partial charge in [-0.25, -0.2) is 0 Å². The number of nitrogens with zero attached hydrogens (tertiary/aromatic N) is 1. The van der Waals surface area contributed by atoms with E-state index in [1.54, 1.807) is 6.07 Å². The smallest absolute Gasteiger partial charge is 0.269 e. The minimum Gasteiger partial charge on any atom is -0.489 e. The zero-order valence-electron chi connectivity index (χ0n) is 10.8. The van der Waals surface area contributed by atoms with Crippen molar-refractivity contribution in [2.45, 2.75) is 39.3 Å². The first-order valence-corrected chi connectivity index (χ1v) is 5.99. The quantitative estimate of drug-likeness (QED) is 0.660. The molecule has 2 rings (SSSR count). The van der Waals surface area contributed by atoms with Crippen molar-refractivity contribution in [2.75, 3.05) is 0 Å². The molecule has 1 aliphatic rings. The summed E-state index contributed by atoms with van der Waals surface area (Å²) in [7, 11) is 0. The largest absolute Gasteiger partial charge is 0.489 e. The van der Waals surface area contributed by atoms with E-state index in [1.165, 1.54) is 12.1 Å². The lowest BCUT2D eigenvalue weighted by atomic mass is 9.65. The van der Waals surface area contributed by atoms with Crippen LogP contribution in [0.2, 0.25) is 0 Å². The number of ether oxygens (including phenoxy) is 1. The second-order valence-electron chi connectivity index (χ2n) is 5.48. The van der Waals surface area contributed by atoms with Gasteiger partial charge in [-0.3, -0.25) is 10.1 Å². The standard InChI is InChI=1S/C13H18N2O3/c1-8-6-9(15(16)17)4-5-10(8)18-12-7-11(14)13(12,2)3/h4-6,11-12H,7,14H2,1-3H3. The third kappa shape index (κ3) is 2.06. The first-order chi connectivity index (χ1) is 8.32. The van der Waals surface area contributed by atoms with E-state index < -0.39 is 4.92 Å². The van der Waals surface area contributed by atoms with Gasteiger partial charge in [-0.2, -0.15) is 0 Å². The normalized spacial score (nSPS) is 25.3. The molecule has 5 nitrogen and oxygen atoms in total. The van der Waals surface area contributed by atoms with Crippen LogP contribution in [0.5, 0.6) is 5.75 Å². The number of non-ortho nitro benzene ring substituents is 1. The molecule has 0 radical (unpaired) electrons. The molecule has 0 aromatic heterocycles. The van der Waals surface area contributed by atoms with Crippen LogP contribution in [0, 0.1) is 22.5 Å². The molecule has 0 spiro atoms. The second kappa shape index (κ2) is 4.24. The molecule has 1 aromatic carbocycles. The van der Waals surface area contributed by atoms with Crippen molar-refractivity contribution in [3.8, 4) is 5.75 Å². The lowest BCUT2D eigenvalue weighted by Crippen LogP contribution is -2.60. The average molecular weight is 250 g/mol. The van der Waals surface area contributed by atoms with Crippen molar-refractivity contribution in [3.05, 3.63) is 33.9 Å². The van der Waals surface area contributed by atoms with Crippen LogP contribution < -0.4 is 10.5 Å². The molecule has 0 saturated heterocycles. The van der Waals surface area contributed by atoms with Crippen molar-refractivity contribution in [1.82, 2.24) is 0 Å². The molecule has 2 unspecified atom stereocenters. The predicted molar refractivity (Wildman–Crippen MR) is 68.6 cm³/mol. The highest BCUT2D eigenvalue weighted by molar-refractivity contribution is 5.43. The summed E-state index contributed by atoms with van der Waals surface area (Å²) in [4.78, 5) is 10.2. The maximum Gasteiger partial charge on any atom is 0.269 e. The number of nitro groups is 1. The zero-order valence-corrected chi connectivity index (χ0v) is 10.8. The number of nitrogens with two attached hydrogens (primary N) is 1. The van der Waals surface area contributed by atoms with Crippen molar-refractivity contribution < 1.29 is 9.66 Å². The summed E-state index contributed by atoms with van der Waals surface area (Å²) in [6.07, 6.45) is 0.899. The highest BCUT2D eigenvalue weighted by Gasteiger charge is 2.48. The van der Waals surface area contributed by atoms with E-state index in [0.717, 1.165) is 12.0 Å². The lowest BCUT2D eigenvalue weighted by Gasteiger charge is -2.49. The summed E-state index contributed by atoms with van der Waals surface area (Å²) in [5, 5.41) is 10.6. The van der Waals surface area contributed by atoms with Crippen LogP contribution in [0.15, 0.2) is 18.2 Å². The van der Waals surface area contributed by atoms with E-state index in [-0.39, 0.29) is 23.2 Å². The monoisotopic (exact) mass is 250 g/mol. The Labute approximate surface area is 106 Å². The maximum absolute atomic E-state index is 10.6. The van der Waals surface area contributed by atoms with E-state index in [1.807, 2.05) is 6.92 Å². The minimum absolute atomic E-state index is 0.0474. The van der Waals surface area contributed by atoms with Gasteiger partial charge >= 0.3 is 0 Å². The number of rotatable bonds is 3. The fourth-order valence-corrected chi connectivity index (χ4v) is 2.15. The lowest BCUT2D eigenvalue weighted by molar-refractivity contribution is -0.384. The van der Waals surface area contributed by atoms with E-state index >= 15 is 0 Å². The van der Waals surface area contributed by atoms with Crippen LogP contribution in [0.4, 0.5) is 5.69 Å². The van der Waals surface area contributed by atoms with E-state index in [2.05, 4.69) is 13.8 Å². The summed E-state index contributed by atoms with van der Waals surface area (Å²) in [6.45, 7) is 5.97. The summed E-state index contributed by atoms with van der Waals surface area (Å²) >= 11 is 0. The highest BCUT2D eigenvalue weighted by Crippen LogP contribution is 2.42. The molecule has 98 valence electrons. The van der Waals surface area contributed by atoms with Gasteiger partial charge in [0.15, 0.2) is 0 Å². The van der Waals surface area contributed by atoms with Gasteiger partial charge in [0.25, 0.3) is 5.69 Å². The van der Waals surface area contributed by atoms with Crippen LogP contribution in [0.25, 0.3) is 0 Å². The van der Waals surface area contributed by atoms with Crippen molar-refractivity contribution in [3.63, 3.8) is 0 Å². The SMILES string of the molecule is Cc1cc([N+](=O)[O-])ccc1OC1CC(N)C1(C)C. The van der Waals surface area contributed by atoms with Gasteiger partial charge in [0.2, 0.25) is 0 Å².